The number of urea groups is 1. The second-order valence-corrected chi connectivity index (χ2v) is 7.07. The molecule has 1 aliphatic carbocycles. The summed E-state index contributed by atoms with van der Waals surface area (Å²) in [5.74, 6) is -1.72. The van der Waals surface area contributed by atoms with Crippen LogP contribution in [0.1, 0.15) is 40.6 Å². The minimum atomic E-state index is -0.747. The van der Waals surface area contributed by atoms with Crippen molar-refractivity contribution in [2.75, 3.05) is 32.2 Å². The van der Waals surface area contributed by atoms with Crippen LogP contribution in [0.25, 0.3) is 0 Å². The first-order valence-corrected chi connectivity index (χ1v) is 9.40. The lowest BCUT2D eigenvalue weighted by Crippen LogP contribution is -2.42. The number of amides is 4. The van der Waals surface area contributed by atoms with Gasteiger partial charge in [-0.15, -0.1) is 11.3 Å². The topological polar surface area (TPSA) is 123 Å². The maximum Gasteiger partial charge on any atom is 0.341 e. The predicted octanol–water partition coefficient (Wildman–Crippen LogP) is 1.21. The van der Waals surface area contributed by atoms with Crippen molar-refractivity contribution in [3.63, 3.8) is 0 Å². The smallest absolute Gasteiger partial charge is 0.341 e. The van der Waals surface area contributed by atoms with E-state index in [-0.39, 0.29) is 12.5 Å². The Morgan fingerprint density at radius 3 is 2.59 bits per heavy atom. The van der Waals surface area contributed by atoms with Gasteiger partial charge in [-0.2, -0.15) is 0 Å². The van der Waals surface area contributed by atoms with Crippen LogP contribution in [0, 0.1) is 0 Å². The van der Waals surface area contributed by atoms with Crippen molar-refractivity contribution >= 4 is 40.2 Å². The highest BCUT2D eigenvalue weighted by atomic mass is 32.1. The predicted molar refractivity (Wildman–Crippen MR) is 99.0 cm³/mol. The molecule has 1 aliphatic rings. The third-order valence-corrected chi connectivity index (χ3v) is 5.05. The zero-order valence-corrected chi connectivity index (χ0v) is 16.1. The summed E-state index contributed by atoms with van der Waals surface area (Å²) < 4.78 is 9.84. The molecule has 4 amide bonds. The maximum atomic E-state index is 12.5. The lowest BCUT2D eigenvalue weighted by Gasteiger charge is -2.12. The fourth-order valence-electron chi connectivity index (χ4n) is 2.71. The number of esters is 1. The summed E-state index contributed by atoms with van der Waals surface area (Å²) in [6.45, 7) is 1.33. The summed E-state index contributed by atoms with van der Waals surface area (Å²) in [5.41, 5.74) is 1.18. The van der Waals surface area contributed by atoms with E-state index in [2.05, 4.69) is 16.0 Å². The van der Waals surface area contributed by atoms with E-state index in [0.29, 0.717) is 17.2 Å². The maximum absolute atomic E-state index is 12.5. The zero-order valence-electron chi connectivity index (χ0n) is 15.3. The number of carbonyl (C=O) groups is 4. The second kappa shape index (κ2) is 10.0. The monoisotopic (exact) mass is 397 g/mol. The molecule has 0 aromatic carbocycles. The van der Waals surface area contributed by atoms with Crippen LogP contribution in [-0.2, 0) is 31.9 Å². The van der Waals surface area contributed by atoms with E-state index in [1.807, 2.05) is 0 Å². The first kappa shape index (κ1) is 20.8. The van der Waals surface area contributed by atoms with Crippen LogP contribution >= 0.6 is 11.3 Å². The van der Waals surface area contributed by atoms with Gasteiger partial charge in [-0.1, -0.05) is 0 Å². The number of thiophene rings is 1. The lowest BCUT2D eigenvalue weighted by atomic mass is 9.95. The molecule has 3 N–H and O–H groups in total. The minimum absolute atomic E-state index is 0.247. The largest absolute Gasteiger partial charge is 0.452 e. The van der Waals surface area contributed by atoms with Crippen LogP contribution in [-0.4, -0.2) is 50.7 Å². The quantitative estimate of drug-likeness (QED) is 0.470. The summed E-state index contributed by atoms with van der Waals surface area (Å²) >= 11 is 1.37. The van der Waals surface area contributed by atoms with E-state index in [9.17, 15) is 19.2 Å². The number of aryl methyl sites for hydroxylation is 1. The molecule has 1 heterocycles. The van der Waals surface area contributed by atoms with Crippen molar-refractivity contribution in [3.8, 4) is 0 Å². The van der Waals surface area contributed by atoms with Crippen LogP contribution in [0.2, 0.25) is 0 Å². The van der Waals surface area contributed by atoms with Gasteiger partial charge in [-0.05, 0) is 31.2 Å². The van der Waals surface area contributed by atoms with E-state index >= 15 is 0 Å². The molecule has 0 bridgehead atoms. The van der Waals surface area contributed by atoms with Crippen molar-refractivity contribution < 1.29 is 28.7 Å². The Kier molecular flexibility index (Phi) is 7.74. The van der Waals surface area contributed by atoms with E-state index < -0.39 is 24.5 Å². The van der Waals surface area contributed by atoms with Crippen molar-refractivity contribution in [3.05, 3.63) is 16.0 Å². The normalized spacial score (nSPS) is 12.7. The van der Waals surface area contributed by atoms with Crippen molar-refractivity contribution in [1.82, 2.24) is 10.6 Å². The first-order chi connectivity index (χ1) is 12.9. The molecule has 0 spiro atoms. The highest BCUT2D eigenvalue weighted by Crippen LogP contribution is 2.38. The number of anilines is 1. The van der Waals surface area contributed by atoms with Crippen LogP contribution in [0.5, 0.6) is 0 Å². The Morgan fingerprint density at radius 2 is 1.89 bits per heavy atom. The molecule has 1 aromatic heterocycles. The van der Waals surface area contributed by atoms with Gasteiger partial charge in [0.05, 0.1) is 12.2 Å². The van der Waals surface area contributed by atoms with Gasteiger partial charge in [-0.25, -0.2) is 9.59 Å². The van der Waals surface area contributed by atoms with Gasteiger partial charge in [0.1, 0.15) is 5.00 Å². The van der Waals surface area contributed by atoms with Gasteiger partial charge in [0.2, 0.25) is 5.91 Å². The molecular formula is C17H23N3O6S. The summed E-state index contributed by atoms with van der Waals surface area (Å²) in [4.78, 5) is 48.2. The number of rotatable bonds is 7. The molecule has 1 aromatic rings. The molecule has 148 valence electrons. The molecule has 0 unspecified atom stereocenters. The van der Waals surface area contributed by atoms with Gasteiger partial charge < -0.3 is 20.1 Å². The van der Waals surface area contributed by atoms with Gasteiger partial charge in [0.25, 0.3) is 5.91 Å². The molecule has 0 saturated carbocycles. The average Bonchev–Trinajstić information content (AvgIpc) is 2.97. The molecule has 0 aliphatic heterocycles. The summed E-state index contributed by atoms with van der Waals surface area (Å²) in [5, 5.41) is 7.58. The van der Waals surface area contributed by atoms with Crippen LogP contribution < -0.4 is 16.0 Å². The van der Waals surface area contributed by atoms with E-state index in [1.165, 1.54) is 25.4 Å². The SMILES string of the molecule is COCCNC(=O)NC(=O)COC(=O)c1c(NC(C)=O)sc2c1CCCC2. The highest BCUT2D eigenvalue weighted by molar-refractivity contribution is 7.17. The molecule has 0 radical (unpaired) electrons. The molecule has 0 saturated heterocycles. The molecule has 10 heteroatoms. The van der Waals surface area contributed by atoms with Crippen molar-refractivity contribution in [2.45, 2.75) is 32.6 Å². The molecule has 9 nitrogen and oxygen atoms in total. The van der Waals surface area contributed by atoms with Gasteiger partial charge in [0.15, 0.2) is 6.61 Å². The number of methoxy groups -OCH3 is 1. The number of ether oxygens (including phenoxy) is 2. The number of fused-ring (bicyclic) bond motifs is 1. The molecular weight excluding hydrogens is 374 g/mol. The lowest BCUT2D eigenvalue weighted by molar-refractivity contribution is -0.123. The summed E-state index contributed by atoms with van der Waals surface area (Å²) in [7, 11) is 1.49. The number of carbonyl (C=O) groups excluding carboxylic acids is 4. The first-order valence-electron chi connectivity index (χ1n) is 8.58. The fraction of sp³-hybridized carbons (Fsp3) is 0.529. The Labute approximate surface area is 160 Å². The van der Waals surface area contributed by atoms with E-state index in [1.54, 1.807) is 0 Å². The summed E-state index contributed by atoms with van der Waals surface area (Å²) in [6, 6.07) is -0.694. The van der Waals surface area contributed by atoms with Crippen molar-refractivity contribution in [2.24, 2.45) is 0 Å². The Balaban J connectivity index is 1.97. The Bertz CT molecular complexity index is 730. The van der Waals surface area contributed by atoms with Crippen LogP contribution in [0.4, 0.5) is 9.80 Å². The standard InChI is InChI=1S/C17H23N3O6S/c1-10(21)19-15-14(11-5-3-4-6-12(11)27-15)16(23)26-9-13(22)20-17(24)18-7-8-25-2/h3-9H2,1-2H3,(H,19,21)(H2,18,20,22,24). The van der Waals surface area contributed by atoms with Crippen LogP contribution in [0.15, 0.2) is 0 Å². The van der Waals surface area contributed by atoms with E-state index in [4.69, 9.17) is 9.47 Å². The number of nitrogens with one attached hydrogen (secondary N) is 3. The average molecular weight is 397 g/mol. The van der Waals surface area contributed by atoms with E-state index in [0.717, 1.165) is 36.1 Å². The fourth-order valence-corrected chi connectivity index (χ4v) is 4.03. The van der Waals surface area contributed by atoms with Gasteiger partial charge in [0, 0.05) is 25.5 Å². The Hall–Kier alpha value is -2.46. The number of hydrogen-bond donors (Lipinski definition) is 3. The van der Waals surface area contributed by atoms with Gasteiger partial charge >= 0.3 is 12.0 Å². The number of imide groups is 1. The highest BCUT2D eigenvalue weighted by Gasteiger charge is 2.27. The summed E-state index contributed by atoms with van der Waals surface area (Å²) in [6.07, 6.45) is 3.56. The van der Waals surface area contributed by atoms with Crippen LogP contribution in [0.3, 0.4) is 0 Å². The molecule has 0 atom stereocenters. The third-order valence-electron chi connectivity index (χ3n) is 3.84. The zero-order chi connectivity index (χ0) is 19.8. The Morgan fingerprint density at radius 1 is 1.15 bits per heavy atom. The third kappa shape index (κ3) is 6.04. The minimum Gasteiger partial charge on any atom is -0.452 e. The second-order valence-electron chi connectivity index (χ2n) is 5.97. The molecule has 0 fully saturated rings. The molecule has 27 heavy (non-hydrogen) atoms. The van der Waals surface area contributed by atoms with Crippen molar-refractivity contribution in [1.29, 1.82) is 0 Å². The molecule has 2 rings (SSSR count). The number of hydrogen-bond acceptors (Lipinski definition) is 7. The van der Waals surface area contributed by atoms with Gasteiger partial charge in [-0.3, -0.25) is 14.9 Å².